The van der Waals surface area contributed by atoms with Gasteiger partial charge in [-0.1, -0.05) is 72.8 Å². The first-order chi connectivity index (χ1) is 13.9. The van der Waals surface area contributed by atoms with Gasteiger partial charge in [0.05, 0.1) is 5.69 Å². The van der Waals surface area contributed by atoms with E-state index in [0.717, 1.165) is 11.8 Å². The molecule has 0 N–H and O–H groups in total. The third kappa shape index (κ3) is 3.81. The first-order valence-electron chi connectivity index (χ1n) is 9.52. The average molecular weight is 380 g/mol. The molecule has 0 saturated carbocycles. The third-order valence-electron chi connectivity index (χ3n) is 4.94. The van der Waals surface area contributed by atoms with Crippen molar-refractivity contribution in [1.82, 2.24) is 0 Å². The van der Waals surface area contributed by atoms with Crippen LogP contribution in [0.1, 0.15) is 0 Å². The minimum atomic E-state index is -1.84. The molecule has 0 spiro atoms. The molecule has 0 atom stereocenters. The Balaban J connectivity index is 1.87. The average Bonchev–Trinajstić information content (AvgIpc) is 2.79. The van der Waals surface area contributed by atoms with Crippen molar-refractivity contribution in [3.05, 3.63) is 121 Å². The number of hydrogen-bond donors (Lipinski definition) is 0. The molecular weight excluding hydrogens is 357 g/mol. The van der Waals surface area contributed by atoms with Crippen molar-refractivity contribution < 1.29 is 0 Å². The number of benzene rings is 4. The van der Waals surface area contributed by atoms with Crippen LogP contribution in [0.4, 0.5) is 5.69 Å². The highest BCUT2D eigenvalue weighted by molar-refractivity contribution is 7.96. The van der Waals surface area contributed by atoms with Gasteiger partial charge in [-0.2, -0.15) is 0 Å². The molecule has 0 radical (unpaired) electrons. The number of para-hydroxylation sites is 1. The van der Waals surface area contributed by atoms with Crippen LogP contribution in [0.25, 0.3) is 0 Å². The van der Waals surface area contributed by atoms with Crippen LogP contribution < -0.4 is 15.9 Å². The molecule has 28 heavy (non-hydrogen) atoms. The zero-order valence-electron chi connectivity index (χ0n) is 15.7. The molecule has 4 aromatic carbocycles. The van der Waals surface area contributed by atoms with Crippen molar-refractivity contribution in [1.29, 1.82) is 0 Å². The molecule has 0 aliphatic heterocycles. The smallest absolute Gasteiger partial charge is 0.117 e. The molecule has 0 aliphatic carbocycles. The van der Waals surface area contributed by atoms with E-state index in [0.29, 0.717) is 0 Å². The van der Waals surface area contributed by atoms with E-state index in [1.807, 2.05) is 30.3 Å². The second kappa shape index (κ2) is 8.78. The second-order valence-corrected chi connectivity index (χ2v) is 10.2. The molecule has 0 unspecified atom stereocenters. The van der Waals surface area contributed by atoms with Crippen LogP contribution in [-0.4, -0.2) is 12.4 Å². The van der Waals surface area contributed by atoms with Gasteiger partial charge >= 0.3 is 0 Å². The molecule has 0 bridgehead atoms. The van der Waals surface area contributed by atoms with Gasteiger partial charge in [0.25, 0.3) is 0 Å². The number of hydrogen-bond acceptors (Lipinski definition) is 1. The van der Waals surface area contributed by atoms with Gasteiger partial charge in [-0.15, -0.1) is 0 Å². The van der Waals surface area contributed by atoms with E-state index in [1.165, 1.54) is 15.9 Å². The zero-order valence-corrected chi connectivity index (χ0v) is 16.6. The van der Waals surface area contributed by atoms with Gasteiger partial charge in [0.15, 0.2) is 0 Å². The van der Waals surface area contributed by atoms with Crippen LogP contribution >= 0.6 is 7.26 Å². The summed E-state index contributed by atoms with van der Waals surface area (Å²) < 4.78 is 0. The Bertz CT molecular complexity index is 916. The van der Waals surface area contributed by atoms with E-state index in [-0.39, 0.29) is 0 Å². The Morgan fingerprint density at radius 2 is 0.857 bits per heavy atom. The maximum Gasteiger partial charge on any atom is 0.117 e. The van der Waals surface area contributed by atoms with Crippen molar-refractivity contribution >= 4 is 35.1 Å². The molecule has 0 aliphatic rings. The molecule has 2 heteroatoms. The van der Waals surface area contributed by atoms with E-state index >= 15 is 0 Å². The predicted octanol–water partition coefficient (Wildman–Crippen LogP) is 5.38. The van der Waals surface area contributed by atoms with Crippen LogP contribution in [0.5, 0.6) is 0 Å². The Labute approximate surface area is 167 Å². The van der Waals surface area contributed by atoms with Crippen LogP contribution in [0, 0.1) is 0 Å². The van der Waals surface area contributed by atoms with Gasteiger partial charge in [-0.3, -0.25) is 4.99 Å². The molecule has 4 rings (SSSR count). The van der Waals surface area contributed by atoms with Gasteiger partial charge in [-0.25, -0.2) is 0 Å². The summed E-state index contributed by atoms with van der Waals surface area (Å²) in [6, 6.07) is 42.9. The number of aliphatic imine (C=N–C) groups is 1. The maximum absolute atomic E-state index is 4.77. The van der Waals surface area contributed by atoms with E-state index in [9.17, 15) is 0 Å². The fourth-order valence-corrected chi connectivity index (χ4v) is 7.49. The predicted molar refractivity (Wildman–Crippen MR) is 125 cm³/mol. The monoisotopic (exact) mass is 380 g/mol. The molecule has 0 saturated heterocycles. The topological polar surface area (TPSA) is 12.4 Å². The molecule has 0 heterocycles. The van der Waals surface area contributed by atoms with Gasteiger partial charge in [0.1, 0.15) is 29.3 Å². The molecule has 4 aromatic rings. The van der Waals surface area contributed by atoms with Crippen molar-refractivity contribution in [2.75, 3.05) is 6.16 Å². The summed E-state index contributed by atoms with van der Waals surface area (Å²) in [5.41, 5.74) is 0.995. The summed E-state index contributed by atoms with van der Waals surface area (Å²) >= 11 is 0. The largest absolute Gasteiger partial charge is 0.257 e. The second-order valence-electron chi connectivity index (χ2n) is 6.65. The van der Waals surface area contributed by atoms with Crippen molar-refractivity contribution in [3.8, 4) is 0 Å². The molecular formula is C26H23NP+. The van der Waals surface area contributed by atoms with Crippen LogP contribution in [0.15, 0.2) is 126 Å². The van der Waals surface area contributed by atoms with Crippen molar-refractivity contribution in [3.63, 3.8) is 0 Å². The molecule has 1 nitrogen and oxygen atoms in total. The van der Waals surface area contributed by atoms with Gasteiger partial charge in [-0.05, 0) is 48.5 Å². The van der Waals surface area contributed by atoms with Gasteiger partial charge < -0.3 is 0 Å². The highest BCUT2D eigenvalue weighted by Crippen LogP contribution is 2.54. The van der Waals surface area contributed by atoms with Crippen LogP contribution in [0.3, 0.4) is 0 Å². The SMILES string of the molecule is C(C[P+](c1ccccc1)(c1ccccc1)c1ccccc1)=Nc1ccccc1. The first-order valence-corrected chi connectivity index (χ1v) is 11.5. The molecule has 0 aromatic heterocycles. The summed E-state index contributed by atoms with van der Waals surface area (Å²) in [4.78, 5) is 4.77. The molecule has 136 valence electrons. The van der Waals surface area contributed by atoms with E-state index < -0.39 is 7.26 Å². The van der Waals surface area contributed by atoms with Crippen LogP contribution in [-0.2, 0) is 0 Å². The fraction of sp³-hybridized carbons (Fsp3) is 0.0385. The fourth-order valence-electron chi connectivity index (χ4n) is 3.59. The highest BCUT2D eigenvalue weighted by atomic mass is 31.2. The van der Waals surface area contributed by atoms with E-state index in [2.05, 4.69) is 97.2 Å². The first kappa shape index (κ1) is 18.3. The van der Waals surface area contributed by atoms with Gasteiger partial charge in [0.2, 0.25) is 0 Å². The Hall–Kier alpha value is -3.02. The Morgan fingerprint density at radius 3 is 1.25 bits per heavy atom. The lowest BCUT2D eigenvalue weighted by Crippen LogP contribution is -2.33. The van der Waals surface area contributed by atoms with Gasteiger partial charge in [0, 0.05) is 6.21 Å². The zero-order chi connectivity index (χ0) is 19.1. The summed E-state index contributed by atoms with van der Waals surface area (Å²) in [7, 11) is -1.84. The maximum atomic E-state index is 4.77. The van der Waals surface area contributed by atoms with E-state index in [1.54, 1.807) is 0 Å². The summed E-state index contributed by atoms with van der Waals surface area (Å²) in [5, 5.41) is 4.14. The molecule has 0 fully saturated rings. The minimum Gasteiger partial charge on any atom is -0.257 e. The quantitative estimate of drug-likeness (QED) is 0.314. The lowest BCUT2D eigenvalue weighted by molar-refractivity contribution is 1.53. The molecule has 0 amide bonds. The number of rotatable bonds is 6. The highest BCUT2D eigenvalue weighted by Gasteiger charge is 2.44. The van der Waals surface area contributed by atoms with E-state index in [4.69, 9.17) is 4.99 Å². The summed E-state index contributed by atoms with van der Waals surface area (Å²) in [6.45, 7) is 0. The lowest BCUT2D eigenvalue weighted by atomic mass is 10.3. The summed E-state index contributed by atoms with van der Waals surface area (Å²) in [6.07, 6.45) is 3.00. The number of nitrogens with zero attached hydrogens (tertiary/aromatic N) is 1. The third-order valence-corrected chi connectivity index (χ3v) is 9.19. The minimum absolute atomic E-state index is 0.889. The van der Waals surface area contributed by atoms with Crippen molar-refractivity contribution in [2.24, 2.45) is 4.99 Å². The Morgan fingerprint density at radius 1 is 0.500 bits per heavy atom. The lowest BCUT2D eigenvalue weighted by Gasteiger charge is -2.26. The van der Waals surface area contributed by atoms with Crippen molar-refractivity contribution in [2.45, 2.75) is 0 Å². The summed E-state index contributed by atoms with van der Waals surface area (Å²) in [5.74, 6) is 0. The normalized spacial score (nSPS) is 11.6. The standard InChI is InChI=1S/C26H23NP/c1-5-13-23(14-6-1)27-21-22-28(24-15-7-2-8-16-24,25-17-9-3-10-18-25)26-19-11-4-12-20-26/h1-21H,22H2/q+1. The Kier molecular flexibility index (Phi) is 5.75. The van der Waals surface area contributed by atoms with Crippen LogP contribution in [0.2, 0.25) is 0 Å².